The molecule has 1 amide bonds. The molecule has 15 heavy (non-hydrogen) atoms. The van der Waals surface area contributed by atoms with Gasteiger partial charge >= 0.3 is 6.18 Å². The zero-order chi connectivity index (χ0) is 11.7. The molecule has 90 valence electrons. The molecule has 0 radical (unpaired) electrons. The molecule has 0 aromatic heterocycles. The third kappa shape index (κ3) is 11.1. The molecule has 0 unspecified atom stereocenters. The molecule has 0 heterocycles. The molecule has 7 heteroatoms. The van der Waals surface area contributed by atoms with Crippen molar-refractivity contribution in [2.75, 3.05) is 32.8 Å². The Morgan fingerprint density at radius 3 is 2.60 bits per heavy atom. The number of halogens is 3. The molecule has 0 spiro atoms. The summed E-state index contributed by atoms with van der Waals surface area (Å²) in [7, 11) is 0. The first kappa shape index (κ1) is 14.2. The molecule has 0 aliphatic heterocycles. The van der Waals surface area contributed by atoms with Crippen molar-refractivity contribution in [3.05, 3.63) is 0 Å². The second kappa shape index (κ2) is 7.47. The Bertz CT molecular complexity index is 185. The summed E-state index contributed by atoms with van der Waals surface area (Å²) in [6, 6.07) is 0. The van der Waals surface area contributed by atoms with Crippen LogP contribution in [0.4, 0.5) is 13.2 Å². The van der Waals surface area contributed by atoms with Gasteiger partial charge in [0.05, 0.1) is 13.2 Å². The summed E-state index contributed by atoms with van der Waals surface area (Å²) in [6.07, 6.45) is -4.31. The Morgan fingerprint density at radius 2 is 2.07 bits per heavy atom. The molecular weight excluding hydrogens is 213 g/mol. The molecule has 0 aromatic carbocycles. The number of hydrogen-bond donors (Lipinski definition) is 2. The Morgan fingerprint density at radius 1 is 1.40 bits per heavy atom. The van der Waals surface area contributed by atoms with Crippen LogP contribution in [0.25, 0.3) is 0 Å². The molecule has 0 fully saturated rings. The van der Waals surface area contributed by atoms with E-state index >= 15 is 0 Å². The maximum absolute atomic E-state index is 11.6. The van der Waals surface area contributed by atoms with Crippen molar-refractivity contribution < 1.29 is 22.7 Å². The van der Waals surface area contributed by atoms with E-state index in [1.165, 1.54) is 0 Å². The lowest BCUT2D eigenvalue weighted by molar-refractivity contribution is -0.173. The van der Waals surface area contributed by atoms with Gasteiger partial charge in [-0.2, -0.15) is 13.2 Å². The maximum Gasteiger partial charge on any atom is 0.411 e. The lowest BCUT2D eigenvalue weighted by Gasteiger charge is -2.08. The second-order valence-corrected chi connectivity index (χ2v) is 2.80. The predicted octanol–water partition coefficient (Wildman–Crippen LogP) is 0.291. The minimum atomic E-state index is -4.31. The zero-order valence-corrected chi connectivity index (χ0v) is 8.49. The van der Waals surface area contributed by atoms with Gasteiger partial charge in [0.1, 0.15) is 6.61 Å². The zero-order valence-electron chi connectivity index (χ0n) is 8.49. The molecule has 4 nitrogen and oxygen atoms in total. The fraction of sp³-hybridized carbons (Fsp3) is 0.875. The number of rotatable bonds is 7. The van der Waals surface area contributed by atoms with Gasteiger partial charge in [-0.15, -0.1) is 0 Å². The molecule has 0 aliphatic rings. The lowest BCUT2D eigenvalue weighted by atomic mass is 10.5. The minimum Gasteiger partial charge on any atom is -0.370 e. The van der Waals surface area contributed by atoms with E-state index in [-0.39, 0.29) is 25.6 Å². The van der Waals surface area contributed by atoms with Gasteiger partial charge in [-0.3, -0.25) is 4.79 Å². The minimum absolute atomic E-state index is 0.0836. The second-order valence-electron chi connectivity index (χ2n) is 2.80. The van der Waals surface area contributed by atoms with E-state index in [0.29, 0.717) is 6.54 Å². The SMILES string of the molecule is CCNCC(=O)NCCOCC(F)(F)F. The number of likely N-dealkylation sites (N-methyl/N-ethyl adjacent to an activating group) is 1. The highest BCUT2D eigenvalue weighted by molar-refractivity contribution is 5.77. The van der Waals surface area contributed by atoms with Gasteiger partial charge in [0.15, 0.2) is 0 Å². The van der Waals surface area contributed by atoms with E-state index in [1.807, 2.05) is 6.92 Å². The number of nitrogens with one attached hydrogen (secondary N) is 2. The van der Waals surface area contributed by atoms with Crippen LogP contribution in [0.2, 0.25) is 0 Å². The first-order valence-corrected chi connectivity index (χ1v) is 4.57. The summed E-state index contributed by atoms with van der Waals surface area (Å²) in [4.78, 5) is 10.9. The van der Waals surface area contributed by atoms with Gasteiger partial charge in [-0.1, -0.05) is 6.92 Å². The molecular formula is C8H15F3N2O2. The van der Waals surface area contributed by atoms with Crippen molar-refractivity contribution in [3.63, 3.8) is 0 Å². The molecule has 0 aliphatic carbocycles. The summed E-state index contributed by atoms with van der Waals surface area (Å²) in [5.41, 5.74) is 0. The Hall–Kier alpha value is -0.820. The third-order valence-corrected chi connectivity index (χ3v) is 1.37. The van der Waals surface area contributed by atoms with Gasteiger partial charge in [0, 0.05) is 6.54 Å². The summed E-state index contributed by atoms with van der Waals surface area (Å²) in [5.74, 6) is -0.257. The molecule has 0 aromatic rings. The van der Waals surface area contributed by atoms with E-state index < -0.39 is 12.8 Å². The smallest absolute Gasteiger partial charge is 0.370 e. The fourth-order valence-electron chi connectivity index (χ4n) is 0.752. The Labute approximate surface area is 86.2 Å². The number of carbonyl (C=O) groups excluding carboxylic acids is 1. The average molecular weight is 228 g/mol. The average Bonchev–Trinajstić information content (AvgIpc) is 2.12. The fourth-order valence-corrected chi connectivity index (χ4v) is 0.752. The number of alkyl halides is 3. The lowest BCUT2D eigenvalue weighted by Crippen LogP contribution is -2.36. The topological polar surface area (TPSA) is 50.4 Å². The van der Waals surface area contributed by atoms with Crippen molar-refractivity contribution >= 4 is 5.91 Å². The number of carbonyl (C=O) groups is 1. The van der Waals surface area contributed by atoms with Crippen LogP contribution in [0.5, 0.6) is 0 Å². The predicted molar refractivity (Wildman–Crippen MR) is 48.4 cm³/mol. The van der Waals surface area contributed by atoms with Crippen LogP contribution in [-0.2, 0) is 9.53 Å². The van der Waals surface area contributed by atoms with Crippen molar-refractivity contribution in [3.8, 4) is 0 Å². The monoisotopic (exact) mass is 228 g/mol. The number of ether oxygens (including phenoxy) is 1. The van der Waals surface area contributed by atoms with Gasteiger partial charge < -0.3 is 15.4 Å². The van der Waals surface area contributed by atoms with Crippen LogP contribution < -0.4 is 10.6 Å². The van der Waals surface area contributed by atoms with Gasteiger partial charge in [0.25, 0.3) is 0 Å². The van der Waals surface area contributed by atoms with Gasteiger partial charge in [0.2, 0.25) is 5.91 Å². The summed E-state index contributed by atoms with van der Waals surface area (Å²) in [6.45, 7) is 1.33. The normalized spacial score (nSPS) is 11.5. The van der Waals surface area contributed by atoms with Crippen molar-refractivity contribution in [2.24, 2.45) is 0 Å². The van der Waals surface area contributed by atoms with Crippen molar-refractivity contribution in [2.45, 2.75) is 13.1 Å². The molecule has 0 saturated carbocycles. The van der Waals surface area contributed by atoms with E-state index in [2.05, 4.69) is 15.4 Å². The largest absolute Gasteiger partial charge is 0.411 e. The van der Waals surface area contributed by atoms with Gasteiger partial charge in [-0.25, -0.2) is 0 Å². The first-order chi connectivity index (χ1) is 6.95. The van der Waals surface area contributed by atoms with Crippen LogP contribution in [-0.4, -0.2) is 44.9 Å². The third-order valence-electron chi connectivity index (χ3n) is 1.37. The van der Waals surface area contributed by atoms with Crippen LogP contribution in [0.3, 0.4) is 0 Å². The number of amides is 1. The summed E-state index contributed by atoms with van der Waals surface area (Å²) < 4.78 is 39.0. The van der Waals surface area contributed by atoms with Crippen molar-refractivity contribution in [1.82, 2.24) is 10.6 Å². The van der Waals surface area contributed by atoms with Crippen LogP contribution in [0, 0.1) is 0 Å². The van der Waals surface area contributed by atoms with E-state index in [9.17, 15) is 18.0 Å². The van der Waals surface area contributed by atoms with Crippen LogP contribution in [0.1, 0.15) is 6.92 Å². The van der Waals surface area contributed by atoms with Crippen LogP contribution in [0.15, 0.2) is 0 Å². The highest BCUT2D eigenvalue weighted by Gasteiger charge is 2.27. The Balaban J connectivity index is 3.27. The first-order valence-electron chi connectivity index (χ1n) is 4.57. The van der Waals surface area contributed by atoms with Gasteiger partial charge in [-0.05, 0) is 6.54 Å². The quantitative estimate of drug-likeness (QED) is 0.616. The standard InChI is InChI=1S/C8H15F3N2O2/c1-2-12-5-7(14)13-3-4-15-6-8(9,10)11/h12H,2-6H2,1H3,(H,13,14). The summed E-state index contributed by atoms with van der Waals surface area (Å²) >= 11 is 0. The summed E-state index contributed by atoms with van der Waals surface area (Å²) in [5, 5.41) is 5.19. The maximum atomic E-state index is 11.6. The molecule has 0 saturated heterocycles. The molecule has 0 bridgehead atoms. The van der Waals surface area contributed by atoms with Crippen molar-refractivity contribution in [1.29, 1.82) is 0 Å². The van der Waals surface area contributed by atoms with E-state index in [1.54, 1.807) is 0 Å². The molecule has 2 N–H and O–H groups in total. The highest BCUT2D eigenvalue weighted by Crippen LogP contribution is 2.13. The van der Waals surface area contributed by atoms with Crippen LogP contribution >= 0.6 is 0 Å². The highest BCUT2D eigenvalue weighted by atomic mass is 19.4. The van der Waals surface area contributed by atoms with E-state index in [4.69, 9.17) is 0 Å². The molecule has 0 rings (SSSR count). The van der Waals surface area contributed by atoms with E-state index in [0.717, 1.165) is 0 Å². The number of hydrogen-bond acceptors (Lipinski definition) is 3. The Kier molecular flexibility index (Phi) is 7.06. The molecule has 0 atom stereocenters.